The van der Waals surface area contributed by atoms with Crippen LogP contribution in [0.4, 0.5) is 5.69 Å². The third-order valence-corrected chi connectivity index (χ3v) is 1.89. The highest BCUT2D eigenvalue weighted by molar-refractivity contribution is 5.77. The number of aldehydes is 1. The highest BCUT2D eigenvalue weighted by Crippen LogP contribution is 2.27. The van der Waals surface area contributed by atoms with Crippen molar-refractivity contribution in [3.63, 3.8) is 0 Å². The Kier molecular flexibility index (Phi) is 4.20. The largest absolute Gasteiger partial charge is 0.483 e. The number of nitro benzene ring substituents is 1. The average Bonchev–Trinajstić information content (AvgIpc) is 2.29. The fourth-order valence-electron chi connectivity index (χ4n) is 1.11. The predicted octanol–water partition coefficient (Wildman–Crippen LogP) is 2.36. The topological polar surface area (TPSA) is 69.4 Å². The zero-order valence-corrected chi connectivity index (χ0v) is 8.75. The fourth-order valence-corrected chi connectivity index (χ4v) is 1.11. The normalized spacial score (nSPS) is 10.3. The average molecular weight is 221 g/mol. The van der Waals surface area contributed by atoms with Crippen molar-refractivity contribution in [2.45, 2.75) is 6.92 Å². The lowest BCUT2D eigenvalue weighted by atomic mass is 10.2. The minimum atomic E-state index is -0.571. The summed E-state index contributed by atoms with van der Waals surface area (Å²) in [6.45, 7) is 2.09. The molecule has 0 N–H and O–H groups in total. The summed E-state index contributed by atoms with van der Waals surface area (Å²) in [5, 5.41) is 10.7. The Morgan fingerprint density at radius 2 is 2.25 bits per heavy atom. The second kappa shape index (κ2) is 5.65. The second-order valence-electron chi connectivity index (χ2n) is 2.98. The van der Waals surface area contributed by atoms with Gasteiger partial charge in [-0.05, 0) is 19.1 Å². The SMILES string of the molecule is C/C=C/COc1ccc(C=O)cc1[N+](=O)[O-]. The first-order chi connectivity index (χ1) is 7.69. The van der Waals surface area contributed by atoms with Crippen LogP contribution in [-0.2, 0) is 0 Å². The number of ether oxygens (including phenoxy) is 1. The van der Waals surface area contributed by atoms with Gasteiger partial charge in [0.2, 0.25) is 0 Å². The Morgan fingerprint density at radius 1 is 1.50 bits per heavy atom. The van der Waals surface area contributed by atoms with Crippen LogP contribution in [-0.4, -0.2) is 17.8 Å². The maximum atomic E-state index is 10.7. The molecule has 0 aromatic heterocycles. The van der Waals surface area contributed by atoms with E-state index in [2.05, 4.69) is 0 Å². The molecule has 0 spiro atoms. The highest BCUT2D eigenvalue weighted by Gasteiger charge is 2.15. The van der Waals surface area contributed by atoms with E-state index >= 15 is 0 Å². The number of hydrogen-bond acceptors (Lipinski definition) is 4. The standard InChI is InChI=1S/C11H11NO4/c1-2-3-6-16-11-5-4-9(8-13)7-10(11)12(14)15/h2-5,7-8H,6H2,1H3/b3-2+. The smallest absolute Gasteiger partial charge is 0.311 e. The van der Waals surface area contributed by atoms with Gasteiger partial charge in [0.25, 0.3) is 0 Å². The van der Waals surface area contributed by atoms with Gasteiger partial charge in [-0.1, -0.05) is 12.2 Å². The summed E-state index contributed by atoms with van der Waals surface area (Å²) in [4.78, 5) is 20.6. The van der Waals surface area contributed by atoms with E-state index in [1.54, 1.807) is 12.2 Å². The first-order valence-electron chi connectivity index (χ1n) is 4.66. The first-order valence-corrected chi connectivity index (χ1v) is 4.66. The minimum Gasteiger partial charge on any atom is -0.483 e. The summed E-state index contributed by atoms with van der Waals surface area (Å²) >= 11 is 0. The van der Waals surface area contributed by atoms with Crippen molar-refractivity contribution < 1.29 is 14.5 Å². The maximum Gasteiger partial charge on any atom is 0.311 e. The van der Waals surface area contributed by atoms with E-state index in [1.807, 2.05) is 6.92 Å². The Bertz CT molecular complexity index is 426. The summed E-state index contributed by atoms with van der Waals surface area (Å²) in [5.41, 5.74) is 0.0548. The summed E-state index contributed by atoms with van der Waals surface area (Å²) in [7, 11) is 0. The molecule has 84 valence electrons. The van der Waals surface area contributed by atoms with Gasteiger partial charge in [-0.15, -0.1) is 0 Å². The van der Waals surface area contributed by atoms with Gasteiger partial charge in [-0.25, -0.2) is 0 Å². The molecule has 0 heterocycles. The molecule has 0 radical (unpaired) electrons. The quantitative estimate of drug-likeness (QED) is 0.331. The van der Waals surface area contributed by atoms with Crippen LogP contribution in [0.25, 0.3) is 0 Å². The van der Waals surface area contributed by atoms with Crippen LogP contribution < -0.4 is 4.74 Å². The van der Waals surface area contributed by atoms with Crippen molar-refractivity contribution in [3.8, 4) is 5.75 Å². The third-order valence-electron chi connectivity index (χ3n) is 1.89. The van der Waals surface area contributed by atoms with Gasteiger partial charge < -0.3 is 4.74 Å². The molecule has 0 aliphatic heterocycles. The van der Waals surface area contributed by atoms with Crippen molar-refractivity contribution in [1.82, 2.24) is 0 Å². The van der Waals surface area contributed by atoms with Gasteiger partial charge in [0.15, 0.2) is 5.75 Å². The molecule has 1 aromatic rings. The number of rotatable bonds is 5. The Labute approximate surface area is 92.5 Å². The molecular weight excluding hydrogens is 210 g/mol. The van der Waals surface area contributed by atoms with Crippen LogP contribution in [0, 0.1) is 10.1 Å². The van der Waals surface area contributed by atoms with Crippen LogP contribution in [0.15, 0.2) is 30.4 Å². The number of nitro groups is 1. The van der Waals surface area contributed by atoms with Gasteiger partial charge >= 0.3 is 5.69 Å². The number of carbonyl (C=O) groups excluding carboxylic acids is 1. The number of hydrogen-bond donors (Lipinski definition) is 0. The molecular formula is C11H11NO4. The fraction of sp³-hybridized carbons (Fsp3) is 0.182. The molecule has 0 bridgehead atoms. The van der Waals surface area contributed by atoms with Gasteiger partial charge in [0.05, 0.1) is 4.92 Å². The molecule has 16 heavy (non-hydrogen) atoms. The van der Waals surface area contributed by atoms with E-state index in [9.17, 15) is 14.9 Å². The Hall–Kier alpha value is -2.17. The summed E-state index contributed by atoms with van der Waals surface area (Å²) in [5.74, 6) is 0.161. The van der Waals surface area contributed by atoms with Gasteiger partial charge in [0.1, 0.15) is 12.9 Å². The predicted molar refractivity (Wildman–Crippen MR) is 58.8 cm³/mol. The molecule has 0 atom stereocenters. The van der Waals surface area contributed by atoms with E-state index in [0.717, 1.165) is 0 Å². The van der Waals surface area contributed by atoms with Gasteiger partial charge in [-0.3, -0.25) is 14.9 Å². The zero-order valence-electron chi connectivity index (χ0n) is 8.75. The van der Waals surface area contributed by atoms with Crippen molar-refractivity contribution in [2.75, 3.05) is 6.61 Å². The van der Waals surface area contributed by atoms with Gasteiger partial charge in [0, 0.05) is 11.6 Å². The van der Waals surface area contributed by atoms with Crippen LogP contribution in [0.2, 0.25) is 0 Å². The van der Waals surface area contributed by atoms with E-state index in [-0.39, 0.29) is 23.6 Å². The van der Waals surface area contributed by atoms with Crippen molar-refractivity contribution in [2.24, 2.45) is 0 Å². The third kappa shape index (κ3) is 2.91. The summed E-state index contributed by atoms with van der Waals surface area (Å²) in [6.07, 6.45) is 4.08. The first kappa shape index (κ1) is 11.9. The minimum absolute atomic E-state index is 0.161. The molecule has 0 unspecified atom stereocenters. The molecule has 1 rings (SSSR count). The molecule has 0 amide bonds. The van der Waals surface area contributed by atoms with E-state index in [0.29, 0.717) is 6.29 Å². The number of carbonyl (C=O) groups is 1. The lowest BCUT2D eigenvalue weighted by molar-refractivity contribution is -0.385. The van der Waals surface area contributed by atoms with Crippen LogP contribution in [0.5, 0.6) is 5.75 Å². The van der Waals surface area contributed by atoms with Crippen LogP contribution in [0.1, 0.15) is 17.3 Å². The molecule has 0 fully saturated rings. The molecule has 1 aromatic carbocycles. The van der Waals surface area contributed by atoms with Crippen molar-refractivity contribution >= 4 is 12.0 Å². The van der Waals surface area contributed by atoms with Crippen molar-refractivity contribution in [3.05, 3.63) is 46.0 Å². The van der Waals surface area contributed by atoms with Crippen LogP contribution >= 0.6 is 0 Å². The van der Waals surface area contributed by atoms with E-state index in [4.69, 9.17) is 4.74 Å². The molecule has 0 saturated carbocycles. The molecule has 5 nitrogen and oxygen atoms in total. The molecule has 0 saturated heterocycles. The second-order valence-corrected chi connectivity index (χ2v) is 2.98. The number of nitrogens with zero attached hydrogens (tertiary/aromatic N) is 1. The molecule has 0 aliphatic rings. The number of allylic oxidation sites excluding steroid dienone is 1. The van der Waals surface area contributed by atoms with Crippen LogP contribution in [0.3, 0.4) is 0 Å². The highest BCUT2D eigenvalue weighted by atomic mass is 16.6. The summed E-state index contributed by atoms with van der Waals surface area (Å²) in [6, 6.07) is 4.09. The van der Waals surface area contributed by atoms with Crippen molar-refractivity contribution in [1.29, 1.82) is 0 Å². The Morgan fingerprint density at radius 3 is 2.81 bits per heavy atom. The van der Waals surface area contributed by atoms with E-state index < -0.39 is 4.92 Å². The lowest BCUT2D eigenvalue weighted by Gasteiger charge is -2.04. The summed E-state index contributed by atoms with van der Waals surface area (Å²) < 4.78 is 5.19. The van der Waals surface area contributed by atoms with E-state index in [1.165, 1.54) is 18.2 Å². The van der Waals surface area contributed by atoms with Gasteiger partial charge in [-0.2, -0.15) is 0 Å². The monoisotopic (exact) mass is 221 g/mol. The lowest BCUT2D eigenvalue weighted by Crippen LogP contribution is -1.99. The maximum absolute atomic E-state index is 10.7. The molecule has 0 aliphatic carbocycles. The number of benzene rings is 1. The zero-order chi connectivity index (χ0) is 12.0. The Balaban J connectivity index is 2.98. The molecule has 5 heteroatoms.